The monoisotopic (exact) mass is 274 g/mol. The molecule has 0 amide bonds. The van der Waals surface area contributed by atoms with Gasteiger partial charge in [0.15, 0.2) is 0 Å². The molecule has 0 aliphatic carbocycles. The fourth-order valence-corrected chi connectivity index (χ4v) is 3.59. The molecule has 2 heteroatoms. The van der Waals surface area contributed by atoms with Crippen molar-refractivity contribution in [3.63, 3.8) is 0 Å². The van der Waals surface area contributed by atoms with Crippen molar-refractivity contribution in [1.82, 2.24) is 5.32 Å². The fraction of sp³-hybridized carbons (Fsp3) is 0.667. The van der Waals surface area contributed by atoms with Crippen LogP contribution in [0.5, 0.6) is 0 Å². The van der Waals surface area contributed by atoms with E-state index in [4.69, 9.17) is 0 Å². The van der Waals surface area contributed by atoms with E-state index in [9.17, 15) is 0 Å². The maximum atomic E-state index is 3.29. The minimum absolute atomic E-state index is 0.430. The van der Waals surface area contributed by atoms with Crippen LogP contribution in [0.25, 0.3) is 0 Å². The number of benzene rings is 1. The maximum absolute atomic E-state index is 3.29. The van der Waals surface area contributed by atoms with Crippen LogP contribution in [0.15, 0.2) is 24.3 Å². The Morgan fingerprint density at radius 2 is 1.65 bits per heavy atom. The van der Waals surface area contributed by atoms with E-state index in [2.05, 4.69) is 55.3 Å². The number of hydrogen-bond acceptors (Lipinski definition) is 2. The van der Waals surface area contributed by atoms with Crippen LogP contribution in [0.3, 0.4) is 0 Å². The van der Waals surface area contributed by atoms with E-state index >= 15 is 0 Å². The predicted octanol–water partition coefficient (Wildman–Crippen LogP) is 4.37. The predicted molar refractivity (Wildman–Crippen MR) is 88.4 cm³/mol. The molecule has 20 heavy (non-hydrogen) atoms. The molecule has 0 bridgehead atoms. The van der Waals surface area contributed by atoms with E-state index in [-0.39, 0.29) is 0 Å². The molecular formula is C18H30N2. The highest BCUT2D eigenvalue weighted by Gasteiger charge is 2.41. The smallest absolute Gasteiger partial charge is 0.0366 e. The van der Waals surface area contributed by atoms with Gasteiger partial charge < -0.3 is 10.2 Å². The van der Waals surface area contributed by atoms with Crippen molar-refractivity contribution in [1.29, 1.82) is 0 Å². The first-order valence-corrected chi connectivity index (χ1v) is 8.16. The summed E-state index contributed by atoms with van der Waals surface area (Å²) in [6.07, 6.45) is 5.39. The molecule has 1 atom stereocenters. The van der Waals surface area contributed by atoms with Crippen LogP contribution in [0.2, 0.25) is 0 Å². The van der Waals surface area contributed by atoms with E-state index in [1.54, 1.807) is 0 Å². The highest BCUT2D eigenvalue weighted by atomic mass is 15.2. The number of rotatable bonds is 7. The molecule has 2 nitrogen and oxygen atoms in total. The van der Waals surface area contributed by atoms with Gasteiger partial charge in [-0.05, 0) is 44.5 Å². The van der Waals surface area contributed by atoms with Crippen LogP contribution < -0.4 is 10.2 Å². The van der Waals surface area contributed by atoms with Crippen molar-refractivity contribution in [3.8, 4) is 0 Å². The number of nitrogens with one attached hydrogen (secondary N) is 1. The standard InChI is InChI=1S/C18H30N2/c1-5-11-18(12-6-2)13-20(14-18)17-9-7-16(8-10-17)15(3)19-4/h7-10,15,19H,5-6,11-14H2,1-4H3. The lowest BCUT2D eigenvalue weighted by Crippen LogP contribution is -2.56. The van der Waals surface area contributed by atoms with Gasteiger partial charge in [-0.15, -0.1) is 0 Å². The molecule has 1 aromatic carbocycles. The Bertz CT molecular complexity index is 396. The van der Waals surface area contributed by atoms with Crippen LogP contribution in [-0.4, -0.2) is 20.1 Å². The lowest BCUT2D eigenvalue weighted by Gasteiger charge is -2.52. The van der Waals surface area contributed by atoms with Gasteiger partial charge in [-0.3, -0.25) is 0 Å². The minimum Gasteiger partial charge on any atom is -0.370 e. The van der Waals surface area contributed by atoms with Gasteiger partial charge in [0.25, 0.3) is 0 Å². The normalized spacial score (nSPS) is 18.7. The van der Waals surface area contributed by atoms with Crippen molar-refractivity contribution in [2.24, 2.45) is 5.41 Å². The molecule has 1 aliphatic rings. The summed E-state index contributed by atoms with van der Waals surface area (Å²) in [4.78, 5) is 2.54. The van der Waals surface area contributed by atoms with Crippen LogP contribution in [0.4, 0.5) is 5.69 Å². The van der Waals surface area contributed by atoms with E-state index in [1.807, 2.05) is 7.05 Å². The molecule has 2 rings (SSSR count). The van der Waals surface area contributed by atoms with Gasteiger partial charge in [0.2, 0.25) is 0 Å². The lowest BCUT2D eigenvalue weighted by molar-refractivity contribution is 0.173. The summed E-state index contributed by atoms with van der Waals surface area (Å²) in [7, 11) is 2.01. The molecule has 1 aliphatic heterocycles. The molecule has 0 spiro atoms. The van der Waals surface area contributed by atoms with Crippen molar-refractivity contribution >= 4 is 5.69 Å². The summed E-state index contributed by atoms with van der Waals surface area (Å²) in [5, 5.41) is 3.29. The second-order valence-corrected chi connectivity index (χ2v) is 6.46. The van der Waals surface area contributed by atoms with E-state index in [0.29, 0.717) is 11.5 Å². The Morgan fingerprint density at radius 3 is 2.10 bits per heavy atom. The zero-order valence-corrected chi connectivity index (χ0v) is 13.6. The molecule has 1 saturated heterocycles. The van der Waals surface area contributed by atoms with Gasteiger partial charge in [0.05, 0.1) is 0 Å². The van der Waals surface area contributed by atoms with Gasteiger partial charge in [-0.1, -0.05) is 38.8 Å². The number of hydrogen-bond donors (Lipinski definition) is 1. The quantitative estimate of drug-likeness (QED) is 0.794. The summed E-state index contributed by atoms with van der Waals surface area (Å²) in [5.74, 6) is 0. The Hall–Kier alpha value is -1.02. The third-order valence-electron chi connectivity index (χ3n) is 4.80. The third-order valence-corrected chi connectivity index (χ3v) is 4.80. The second kappa shape index (κ2) is 6.62. The average Bonchev–Trinajstić information content (AvgIpc) is 2.44. The van der Waals surface area contributed by atoms with Gasteiger partial charge in [0, 0.05) is 30.2 Å². The highest BCUT2D eigenvalue weighted by Crippen LogP contribution is 2.41. The van der Waals surface area contributed by atoms with Gasteiger partial charge in [-0.2, -0.15) is 0 Å². The van der Waals surface area contributed by atoms with Crippen LogP contribution >= 0.6 is 0 Å². The first kappa shape index (κ1) is 15.4. The Balaban J connectivity index is 1.97. The zero-order valence-electron chi connectivity index (χ0n) is 13.6. The fourth-order valence-electron chi connectivity index (χ4n) is 3.59. The second-order valence-electron chi connectivity index (χ2n) is 6.46. The van der Waals surface area contributed by atoms with Crippen molar-refractivity contribution in [3.05, 3.63) is 29.8 Å². The Morgan fingerprint density at radius 1 is 1.10 bits per heavy atom. The zero-order chi connectivity index (χ0) is 14.6. The molecule has 1 heterocycles. The first-order valence-electron chi connectivity index (χ1n) is 8.16. The van der Waals surface area contributed by atoms with Crippen LogP contribution in [0, 0.1) is 5.41 Å². The molecule has 1 aromatic rings. The molecule has 1 unspecified atom stereocenters. The van der Waals surface area contributed by atoms with Gasteiger partial charge in [0.1, 0.15) is 0 Å². The SMILES string of the molecule is CCCC1(CCC)CN(c2ccc(C(C)NC)cc2)C1. The largest absolute Gasteiger partial charge is 0.370 e. The summed E-state index contributed by atoms with van der Waals surface area (Å²) < 4.78 is 0. The van der Waals surface area contributed by atoms with E-state index < -0.39 is 0 Å². The maximum Gasteiger partial charge on any atom is 0.0366 e. The number of anilines is 1. The summed E-state index contributed by atoms with van der Waals surface area (Å²) in [5.41, 5.74) is 3.35. The van der Waals surface area contributed by atoms with Crippen LogP contribution in [-0.2, 0) is 0 Å². The van der Waals surface area contributed by atoms with Gasteiger partial charge >= 0.3 is 0 Å². The summed E-state index contributed by atoms with van der Waals surface area (Å²) in [6, 6.07) is 9.52. The van der Waals surface area contributed by atoms with E-state index in [0.717, 1.165) is 0 Å². The van der Waals surface area contributed by atoms with Gasteiger partial charge in [-0.25, -0.2) is 0 Å². The molecule has 0 radical (unpaired) electrons. The number of nitrogens with zero attached hydrogens (tertiary/aromatic N) is 1. The topological polar surface area (TPSA) is 15.3 Å². The van der Waals surface area contributed by atoms with Crippen molar-refractivity contribution in [2.45, 2.75) is 52.5 Å². The molecule has 0 aromatic heterocycles. The summed E-state index contributed by atoms with van der Waals surface area (Å²) >= 11 is 0. The minimum atomic E-state index is 0.430. The van der Waals surface area contributed by atoms with Crippen molar-refractivity contribution < 1.29 is 0 Å². The highest BCUT2D eigenvalue weighted by molar-refractivity contribution is 5.51. The first-order chi connectivity index (χ1) is 9.64. The molecule has 1 N–H and O–H groups in total. The third kappa shape index (κ3) is 3.17. The van der Waals surface area contributed by atoms with E-state index in [1.165, 1.54) is 50.0 Å². The van der Waals surface area contributed by atoms with Crippen LogP contribution in [0.1, 0.15) is 58.1 Å². The Labute approximate surface area is 124 Å². The lowest BCUT2D eigenvalue weighted by atomic mass is 9.72. The molecule has 1 fully saturated rings. The Kier molecular flexibility index (Phi) is 5.09. The molecular weight excluding hydrogens is 244 g/mol. The molecule has 0 saturated carbocycles. The van der Waals surface area contributed by atoms with Crippen molar-refractivity contribution in [2.75, 3.05) is 25.0 Å². The summed E-state index contributed by atoms with van der Waals surface area (Å²) in [6.45, 7) is 9.32. The molecule has 112 valence electrons. The average molecular weight is 274 g/mol.